The molecule has 2 aliphatic rings. The van der Waals surface area contributed by atoms with Gasteiger partial charge in [-0.3, -0.25) is 4.79 Å². The summed E-state index contributed by atoms with van der Waals surface area (Å²) >= 11 is 0. The number of rotatable bonds is 3. The topological polar surface area (TPSA) is 75.1 Å². The molecule has 2 aliphatic heterocycles. The van der Waals surface area contributed by atoms with Gasteiger partial charge in [-0.2, -0.15) is 5.26 Å². The van der Waals surface area contributed by atoms with Gasteiger partial charge < -0.3 is 15.2 Å². The van der Waals surface area contributed by atoms with Crippen LogP contribution in [-0.4, -0.2) is 33.5 Å². The lowest BCUT2D eigenvalue weighted by atomic mass is 9.91. The fourth-order valence-corrected chi connectivity index (χ4v) is 6.09. The SMILES string of the molecule is Cn1ccc2cc(-c3ccc(C(=O)N4[C@@H]5CC[C@H]4CC(N)C5)cc3-c3ccc(C#N)c(F)c3)ccc21. The van der Waals surface area contributed by atoms with E-state index < -0.39 is 5.82 Å². The summed E-state index contributed by atoms with van der Waals surface area (Å²) in [7, 11) is 2.01. The van der Waals surface area contributed by atoms with Crippen LogP contribution in [0.1, 0.15) is 41.6 Å². The first kappa shape index (κ1) is 22.5. The summed E-state index contributed by atoms with van der Waals surface area (Å²) in [6.45, 7) is 0. The predicted molar refractivity (Wildman–Crippen MR) is 139 cm³/mol. The molecule has 1 unspecified atom stereocenters. The van der Waals surface area contributed by atoms with E-state index in [4.69, 9.17) is 5.73 Å². The van der Waals surface area contributed by atoms with E-state index in [1.165, 1.54) is 12.1 Å². The molecule has 3 aromatic carbocycles. The van der Waals surface area contributed by atoms with Crippen LogP contribution in [0.15, 0.2) is 66.9 Å². The van der Waals surface area contributed by atoms with Gasteiger partial charge in [-0.25, -0.2) is 4.39 Å². The zero-order valence-corrected chi connectivity index (χ0v) is 20.1. The van der Waals surface area contributed by atoms with Crippen molar-refractivity contribution < 1.29 is 9.18 Å². The fourth-order valence-electron chi connectivity index (χ4n) is 6.09. The number of nitrogens with zero attached hydrogens (tertiary/aromatic N) is 3. The Balaban J connectivity index is 1.47. The van der Waals surface area contributed by atoms with Gasteiger partial charge in [0.15, 0.2) is 0 Å². The quantitative estimate of drug-likeness (QED) is 0.415. The molecular formula is C30H27FN4O. The van der Waals surface area contributed by atoms with Crippen molar-refractivity contribution in [2.75, 3.05) is 0 Å². The van der Waals surface area contributed by atoms with Crippen LogP contribution in [0.3, 0.4) is 0 Å². The molecular weight excluding hydrogens is 451 g/mol. The van der Waals surface area contributed by atoms with Crippen LogP contribution in [0.25, 0.3) is 33.2 Å². The number of piperidine rings is 1. The first-order valence-electron chi connectivity index (χ1n) is 12.4. The molecule has 3 atom stereocenters. The molecule has 2 N–H and O–H groups in total. The number of nitrogens with two attached hydrogens (primary N) is 1. The van der Waals surface area contributed by atoms with Gasteiger partial charge in [0.2, 0.25) is 0 Å². The lowest BCUT2D eigenvalue weighted by molar-refractivity contribution is 0.0575. The summed E-state index contributed by atoms with van der Waals surface area (Å²) in [6, 6.07) is 21.0. The first-order chi connectivity index (χ1) is 17.4. The van der Waals surface area contributed by atoms with Gasteiger partial charge in [0.05, 0.1) is 5.56 Å². The minimum Gasteiger partial charge on any atom is -0.351 e. The molecule has 0 saturated carbocycles. The molecule has 6 heteroatoms. The minimum atomic E-state index is -0.570. The number of hydrogen-bond acceptors (Lipinski definition) is 3. The highest BCUT2D eigenvalue weighted by Crippen LogP contribution is 2.39. The maximum absolute atomic E-state index is 14.7. The van der Waals surface area contributed by atoms with Crippen molar-refractivity contribution in [1.29, 1.82) is 5.26 Å². The smallest absolute Gasteiger partial charge is 0.254 e. The molecule has 0 aliphatic carbocycles. The minimum absolute atomic E-state index is 0.000494. The number of amides is 1. The number of fused-ring (bicyclic) bond motifs is 3. The Morgan fingerprint density at radius 3 is 2.42 bits per heavy atom. The number of nitriles is 1. The molecule has 0 radical (unpaired) electrons. The van der Waals surface area contributed by atoms with Crippen molar-refractivity contribution in [3.05, 3.63) is 83.8 Å². The summed E-state index contributed by atoms with van der Waals surface area (Å²) in [5.74, 6) is -0.561. The highest BCUT2D eigenvalue weighted by Gasteiger charge is 2.42. The van der Waals surface area contributed by atoms with Gasteiger partial charge in [0.25, 0.3) is 5.91 Å². The number of benzene rings is 3. The molecule has 3 heterocycles. The van der Waals surface area contributed by atoms with E-state index in [1.54, 1.807) is 6.07 Å². The molecule has 2 bridgehead atoms. The maximum Gasteiger partial charge on any atom is 0.254 e. The Hall–Kier alpha value is -3.95. The van der Waals surface area contributed by atoms with Gasteiger partial charge in [-0.1, -0.05) is 18.2 Å². The van der Waals surface area contributed by atoms with E-state index in [-0.39, 0.29) is 29.6 Å². The normalized spacial score (nSPS) is 21.1. The maximum atomic E-state index is 14.7. The first-order valence-corrected chi connectivity index (χ1v) is 12.4. The molecule has 4 aromatic rings. The van der Waals surface area contributed by atoms with Gasteiger partial charge in [-0.15, -0.1) is 0 Å². The molecule has 36 heavy (non-hydrogen) atoms. The lowest BCUT2D eigenvalue weighted by Gasteiger charge is -2.38. The molecule has 0 spiro atoms. The zero-order valence-electron chi connectivity index (χ0n) is 20.1. The van der Waals surface area contributed by atoms with Crippen molar-refractivity contribution in [3.63, 3.8) is 0 Å². The standard InChI is InChI=1S/C30H27FN4O/c1-34-11-10-20-12-18(5-9-29(20)34)26-8-4-21(13-27(26)19-2-3-22(17-32)28(31)14-19)30(36)35-24-6-7-25(35)16-23(33)15-24/h2-5,8-14,23-25H,6-7,15-16,33H2,1H3/t23?,24-,25+. The molecule has 2 saturated heterocycles. The third kappa shape index (κ3) is 3.68. The van der Waals surface area contributed by atoms with Crippen molar-refractivity contribution >= 4 is 16.8 Å². The Morgan fingerprint density at radius 1 is 0.972 bits per heavy atom. The molecule has 6 rings (SSSR count). The van der Waals surface area contributed by atoms with E-state index in [0.717, 1.165) is 53.3 Å². The van der Waals surface area contributed by atoms with Crippen LogP contribution >= 0.6 is 0 Å². The monoisotopic (exact) mass is 478 g/mol. The molecule has 1 aromatic heterocycles. The second kappa shape index (κ2) is 8.61. The number of carbonyl (C=O) groups is 1. The van der Waals surface area contributed by atoms with Crippen LogP contribution in [0, 0.1) is 17.1 Å². The van der Waals surface area contributed by atoms with Gasteiger partial charge >= 0.3 is 0 Å². The van der Waals surface area contributed by atoms with Crippen molar-refractivity contribution in [2.24, 2.45) is 12.8 Å². The third-order valence-corrected chi connectivity index (χ3v) is 7.87. The number of aryl methyl sites for hydroxylation is 1. The van der Waals surface area contributed by atoms with Crippen LogP contribution in [0.5, 0.6) is 0 Å². The molecule has 5 nitrogen and oxygen atoms in total. The van der Waals surface area contributed by atoms with Crippen molar-refractivity contribution in [2.45, 2.75) is 43.8 Å². The number of aromatic nitrogens is 1. The van der Waals surface area contributed by atoms with Crippen molar-refractivity contribution in [1.82, 2.24) is 9.47 Å². The van der Waals surface area contributed by atoms with E-state index in [9.17, 15) is 14.4 Å². The number of carbonyl (C=O) groups excluding carboxylic acids is 1. The Bertz CT molecular complexity index is 1530. The highest BCUT2D eigenvalue weighted by molar-refractivity contribution is 5.99. The molecule has 180 valence electrons. The predicted octanol–water partition coefficient (Wildman–Crippen LogP) is 5.62. The van der Waals surface area contributed by atoms with E-state index in [2.05, 4.69) is 28.8 Å². The van der Waals surface area contributed by atoms with Crippen molar-refractivity contribution in [3.8, 4) is 28.3 Å². The van der Waals surface area contributed by atoms with Crippen LogP contribution < -0.4 is 5.73 Å². The molecule has 2 fully saturated rings. The third-order valence-electron chi connectivity index (χ3n) is 7.87. The summed E-state index contributed by atoms with van der Waals surface area (Å²) in [5.41, 5.74) is 11.2. The molecule has 1 amide bonds. The van der Waals surface area contributed by atoms with Crippen LogP contribution in [0.4, 0.5) is 4.39 Å². The van der Waals surface area contributed by atoms with Gasteiger partial charge in [-0.05, 0) is 90.4 Å². The summed E-state index contributed by atoms with van der Waals surface area (Å²) in [6.07, 6.45) is 5.68. The number of hydrogen-bond donors (Lipinski definition) is 1. The average molecular weight is 479 g/mol. The van der Waals surface area contributed by atoms with E-state index >= 15 is 0 Å². The Morgan fingerprint density at radius 2 is 1.69 bits per heavy atom. The van der Waals surface area contributed by atoms with Crippen LogP contribution in [-0.2, 0) is 7.05 Å². The second-order valence-electron chi connectivity index (χ2n) is 10.1. The van der Waals surface area contributed by atoms with E-state index in [0.29, 0.717) is 11.1 Å². The summed E-state index contributed by atoms with van der Waals surface area (Å²) in [5, 5.41) is 10.3. The van der Waals surface area contributed by atoms with E-state index in [1.807, 2.05) is 42.4 Å². The highest BCUT2D eigenvalue weighted by atomic mass is 19.1. The second-order valence-corrected chi connectivity index (χ2v) is 10.1. The van der Waals surface area contributed by atoms with Gasteiger partial charge in [0.1, 0.15) is 11.9 Å². The largest absolute Gasteiger partial charge is 0.351 e. The fraction of sp³-hybridized carbons (Fsp3) is 0.267. The van der Waals surface area contributed by atoms with Gasteiger partial charge in [0, 0.05) is 47.8 Å². The Kier molecular flexibility index (Phi) is 5.39. The number of halogens is 1. The Labute approximate surface area is 209 Å². The zero-order chi connectivity index (χ0) is 25.0. The lowest BCUT2D eigenvalue weighted by Crippen LogP contribution is -2.50. The summed E-state index contributed by atoms with van der Waals surface area (Å²) in [4.78, 5) is 15.7. The van der Waals surface area contributed by atoms with Crippen LogP contribution in [0.2, 0.25) is 0 Å². The average Bonchev–Trinajstić information content (AvgIpc) is 3.39. The summed E-state index contributed by atoms with van der Waals surface area (Å²) < 4.78 is 16.7.